The van der Waals surface area contributed by atoms with E-state index in [0.717, 1.165) is 40.0 Å². The highest BCUT2D eigenvalue weighted by atomic mass is 16.6. The van der Waals surface area contributed by atoms with Crippen LogP contribution in [0.15, 0.2) is 30.3 Å². The number of aryl methyl sites for hydroxylation is 4. The number of ketones is 1. The molecule has 0 aromatic heterocycles. The zero-order valence-corrected chi connectivity index (χ0v) is 25.0. The fourth-order valence-corrected chi connectivity index (χ4v) is 4.23. The molecule has 0 saturated carbocycles. The summed E-state index contributed by atoms with van der Waals surface area (Å²) in [7, 11) is 0. The monoisotopic (exact) mass is 522 g/mol. The largest absolute Gasteiger partial charge is 0.493 e. The van der Waals surface area contributed by atoms with Gasteiger partial charge in [0.2, 0.25) is 0 Å². The molecular weight excluding hydrogens is 476 g/mol. The van der Waals surface area contributed by atoms with Gasteiger partial charge in [-0.15, -0.1) is 0 Å². The molecule has 0 unspecified atom stereocenters. The van der Waals surface area contributed by atoms with Gasteiger partial charge in [-0.2, -0.15) is 0 Å². The van der Waals surface area contributed by atoms with Crippen LogP contribution in [0.25, 0.3) is 6.08 Å². The van der Waals surface area contributed by atoms with Crippen molar-refractivity contribution in [2.75, 3.05) is 6.61 Å². The van der Waals surface area contributed by atoms with Crippen molar-refractivity contribution in [2.24, 2.45) is 0 Å². The van der Waals surface area contributed by atoms with Crippen molar-refractivity contribution in [3.05, 3.63) is 63.7 Å². The predicted octanol–water partition coefficient (Wildman–Crippen LogP) is 8.27. The Morgan fingerprint density at radius 1 is 0.789 bits per heavy atom. The van der Waals surface area contributed by atoms with Crippen molar-refractivity contribution >= 4 is 17.8 Å². The van der Waals surface area contributed by atoms with E-state index in [9.17, 15) is 9.59 Å². The van der Waals surface area contributed by atoms with Crippen LogP contribution in [0.3, 0.4) is 0 Å². The average Bonchev–Trinajstić information content (AvgIpc) is 2.80. The van der Waals surface area contributed by atoms with E-state index in [2.05, 4.69) is 6.92 Å². The lowest BCUT2D eigenvalue weighted by atomic mass is 10.0. The first-order valence-corrected chi connectivity index (χ1v) is 13.6. The molecule has 0 bridgehead atoms. The minimum atomic E-state index is -1.14. The smallest absolute Gasteiger partial charge is 0.350 e. The Morgan fingerprint density at radius 2 is 1.34 bits per heavy atom. The number of carbonyl (C=O) groups excluding carboxylic acids is 2. The lowest BCUT2D eigenvalue weighted by molar-refractivity contribution is -0.171. The third kappa shape index (κ3) is 9.04. The van der Waals surface area contributed by atoms with Gasteiger partial charge in [-0.3, -0.25) is 4.79 Å². The third-order valence-corrected chi connectivity index (χ3v) is 6.15. The molecule has 0 radical (unpaired) electrons. The van der Waals surface area contributed by atoms with Crippen LogP contribution in [0, 0.1) is 27.7 Å². The topological polar surface area (TPSA) is 61.8 Å². The van der Waals surface area contributed by atoms with E-state index in [1.165, 1.54) is 19.3 Å². The Balaban J connectivity index is 2.14. The van der Waals surface area contributed by atoms with Crippen molar-refractivity contribution in [2.45, 2.75) is 106 Å². The zero-order valence-electron chi connectivity index (χ0n) is 25.0. The molecule has 0 aliphatic rings. The van der Waals surface area contributed by atoms with Crippen molar-refractivity contribution in [3.63, 3.8) is 0 Å². The number of hydrogen-bond acceptors (Lipinski definition) is 5. The first-order chi connectivity index (χ1) is 17.6. The van der Waals surface area contributed by atoms with Crippen LogP contribution in [-0.4, -0.2) is 29.6 Å². The van der Waals surface area contributed by atoms with Crippen LogP contribution in [0.4, 0.5) is 0 Å². The zero-order chi connectivity index (χ0) is 28.7. The Morgan fingerprint density at radius 3 is 1.87 bits per heavy atom. The molecule has 0 atom stereocenters. The fraction of sp³-hybridized carbons (Fsp3) is 0.515. The summed E-state index contributed by atoms with van der Waals surface area (Å²) in [5.41, 5.74) is 3.48. The highest BCUT2D eigenvalue weighted by molar-refractivity contribution is 6.07. The van der Waals surface area contributed by atoms with E-state index >= 15 is 0 Å². The van der Waals surface area contributed by atoms with Crippen molar-refractivity contribution < 1.29 is 23.8 Å². The van der Waals surface area contributed by atoms with Crippen LogP contribution in [0.5, 0.6) is 11.5 Å². The minimum absolute atomic E-state index is 0.0626. The highest BCUT2D eigenvalue weighted by Gasteiger charge is 2.35. The first kappa shape index (κ1) is 31.1. The maximum Gasteiger partial charge on any atom is 0.350 e. The minimum Gasteiger partial charge on any atom is -0.493 e. The summed E-state index contributed by atoms with van der Waals surface area (Å²) in [4.78, 5) is 25.6. The van der Waals surface area contributed by atoms with Gasteiger partial charge < -0.3 is 14.2 Å². The van der Waals surface area contributed by atoms with Gasteiger partial charge in [0.25, 0.3) is 0 Å². The van der Waals surface area contributed by atoms with Crippen molar-refractivity contribution in [3.8, 4) is 11.5 Å². The van der Waals surface area contributed by atoms with E-state index in [1.54, 1.807) is 19.9 Å². The van der Waals surface area contributed by atoms with Crippen LogP contribution in [0.1, 0.15) is 105 Å². The SMILES string of the molecule is CCCCCCOc1c(C)cc(C(=O)/C=C/c2cc(C)c(OC(C)(C)C(=O)OC(C)(C)C)c(C)c2)cc1C. The van der Waals surface area contributed by atoms with E-state index in [0.29, 0.717) is 17.9 Å². The van der Waals surface area contributed by atoms with E-state index in [1.807, 2.05) is 78.8 Å². The standard InChI is InChI=1S/C33H46O5/c1-11-12-13-14-17-36-29-24(4)20-27(21-25(29)5)28(34)16-15-26-18-22(2)30(23(3)19-26)37-33(9,10)31(35)38-32(6,7)8/h15-16,18-21H,11-14,17H2,1-10H3/b16-15+. The summed E-state index contributed by atoms with van der Waals surface area (Å²) in [6.07, 6.45) is 8.04. The van der Waals surface area contributed by atoms with Gasteiger partial charge in [0, 0.05) is 5.56 Å². The lowest BCUT2D eigenvalue weighted by Crippen LogP contribution is -2.43. The molecule has 5 nitrogen and oxygen atoms in total. The van der Waals surface area contributed by atoms with Gasteiger partial charge in [-0.25, -0.2) is 4.79 Å². The summed E-state index contributed by atoms with van der Waals surface area (Å²) in [6.45, 7) is 19.6. The molecule has 0 amide bonds. The summed E-state index contributed by atoms with van der Waals surface area (Å²) < 4.78 is 17.7. The first-order valence-electron chi connectivity index (χ1n) is 13.6. The van der Waals surface area contributed by atoms with E-state index in [-0.39, 0.29) is 5.78 Å². The van der Waals surface area contributed by atoms with Crippen LogP contribution in [0.2, 0.25) is 0 Å². The predicted molar refractivity (Wildman–Crippen MR) is 155 cm³/mol. The Bertz CT molecular complexity index is 1120. The van der Waals surface area contributed by atoms with E-state index in [4.69, 9.17) is 14.2 Å². The molecule has 0 aliphatic heterocycles. The van der Waals surface area contributed by atoms with Gasteiger partial charge >= 0.3 is 5.97 Å². The van der Waals surface area contributed by atoms with Gasteiger partial charge in [-0.05, 0) is 127 Å². The molecule has 0 fully saturated rings. The Hall–Kier alpha value is -3.08. The maximum absolute atomic E-state index is 13.0. The summed E-state index contributed by atoms with van der Waals surface area (Å²) in [6, 6.07) is 7.69. The molecule has 2 aromatic carbocycles. The number of rotatable bonds is 12. The van der Waals surface area contributed by atoms with Gasteiger partial charge in [0.1, 0.15) is 17.1 Å². The number of allylic oxidation sites excluding steroid dienone is 1. The van der Waals surface area contributed by atoms with Crippen LogP contribution in [-0.2, 0) is 9.53 Å². The number of benzene rings is 2. The quantitative estimate of drug-likeness (QED) is 0.121. The molecule has 0 spiro atoms. The Kier molecular flexibility index (Phi) is 10.8. The molecular formula is C33H46O5. The number of esters is 1. The van der Waals surface area contributed by atoms with Crippen molar-refractivity contribution in [1.29, 1.82) is 0 Å². The summed E-state index contributed by atoms with van der Waals surface area (Å²) in [5, 5.41) is 0. The van der Waals surface area contributed by atoms with E-state index < -0.39 is 17.2 Å². The molecule has 2 aromatic rings. The number of ether oxygens (including phenoxy) is 3. The summed E-state index contributed by atoms with van der Waals surface area (Å²) in [5.74, 6) is 1.03. The van der Waals surface area contributed by atoms with Crippen LogP contribution >= 0.6 is 0 Å². The number of hydrogen-bond donors (Lipinski definition) is 0. The van der Waals surface area contributed by atoms with Gasteiger partial charge in [0.05, 0.1) is 6.61 Å². The molecule has 0 N–H and O–H groups in total. The second-order valence-corrected chi connectivity index (χ2v) is 11.6. The molecule has 38 heavy (non-hydrogen) atoms. The molecule has 0 saturated heterocycles. The van der Waals surface area contributed by atoms with Crippen molar-refractivity contribution in [1.82, 2.24) is 0 Å². The van der Waals surface area contributed by atoms with Gasteiger partial charge in [-0.1, -0.05) is 32.3 Å². The Labute approximate surface area is 229 Å². The van der Waals surface area contributed by atoms with Crippen LogP contribution < -0.4 is 9.47 Å². The normalized spacial score (nSPS) is 12.1. The summed E-state index contributed by atoms with van der Waals surface area (Å²) >= 11 is 0. The average molecular weight is 523 g/mol. The lowest BCUT2D eigenvalue weighted by Gasteiger charge is -2.30. The highest BCUT2D eigenvalue weighted by Crippen LogP contribution is 2.31. The fourth-order valence-electron chi connectivity index (χ4n) is 4.23. The second-order valence-electron chi connectivity index (χ2n) is 11.6. The maximum atomic E-state index is 13.0. The number of carbonyl (C=O) groups is 2. The molecule has 2 rings (SSSR count). The molecule has 5 heteroatoms. The third-order valence-electron chi connectivity index (χ3n) is 6.15. The second kappa shape index (κ2) is 13.1. The molecule has 0 aliphatic carbocycles. The molecule has 208 valence electrons. The van der Waals surface area contributed by atoms with Gasteiger partial charge in [0.15, 0.2) is 11.4 Å². The molecule has 0 heterocycles. The number of unbranched alkanes of at least 4 members (excludes halogenated alkanes) is 3.